The van der Waals surface area contributed by atoms with Gasteiger partial charge in [0.15, 0.2) is 16.4 Å². The molecule has 0 bridgehead atoms. The predicted octanol–water partition coefficient (Wildman–Crippen LogP) is 1.86. The topological polar surface area (TPSA) is 107 Å². The van der Waals surface area contributed by atoms with E-state index in [0.717, 1.165) is 12.3 Å². The molecule has 0 aliphatic heterocycles. The van der Waals surface area contributed by atoms with E-state index >= 15 is 0 Å². The number of imide groups is 1. The second kappa shape index (κ2) is 8.11. The van der Waals surface area contributed by atoms with Crippen molar-refractivity contribution in [3.8, 4) is 0 Å². The third-order valence-corrected chi connectivity index (χ3v) is 4.77. The summed E-state index contributed by atoms with van der Waals surface area (Å²) in [5.74, 6) is -2.36. The number of ether oxygens (including phenoxy) is 1. The first-order valence-electron chi connectivity index (χ1n) is 7.24. The van der Waals surface area contributed by atoms with Gasteiger partial charge in [0.25, 0.3) is 11.8 Å². The highest BCUT2D eigenvalue weighted by molar-refractivity contribution is 7.90. The maximum atomic E-state index is 12.0. The average Bonchev–Trinajstić information content (AvgIpc) is 2.59. The number of benzene rings is 2. The second-order valence-electron chi connectivity index (χ2n) is 5.24. The van der Waals surface area contributed by atoms with Crippen molar-refractivity contribution in [2.45, 2.75) is 4.90 Å². The van der Waals surface area contributed by atoms with Crippen molar-refractivity contribution in [3.63, 3.8) is 0 Å². The van der Waals surface area contributed by atoms with E-state index in [9.17, 15) is 22.8 Å². The first kappa shape index (κ1) is 19.6. The summed E-state index contributed by atoms with van der Waals surface area (Å²) in [7, 11) is -3.63. The number of sulfone groups is 1. The zero-order chi connectivity index (χ0) is 19.3. The van der Waals surface area contributed by atoms with E-state index in [0.29, 0.717) is 0 Å². The van der Waals surface area contributed by atoms with E-state index in [2.05, 4.69) is 5.32 Å². The Hall–Kier alpha value is -2.71. The lowest BCUT2D eigenvalue weighted by Gasteiger charge is -2.08. The van der Waals surface area contributed by atoms with Crippen LogP contribution in [0.4, 0.5) is 0 Å². The molecule has 136 valence electrons. The van der Waals surface area contributed by atoms with Gasteiger partial charge in [-0.25, -0.2) is 13.2 Å². The van der Waals surface area contributed by atoms with Crippen molar-refractivity contribution in [1.82, 2.24) is 5.32 Å². The first-order valence-corrected chi connectivity index (χ1v) is 9.51. The Morgan fingerprint density at radius 2 is 1.69 bits per heavy atom. The Bertz CT molecular complexity index is 956. The highest BCUT2D eigenvalue weighted by Gasteiger charge is 2.18. The molecular formula is C17H14ClNO6S. The third-order valence-electron chi connectivity index (χ3n) is 3.19. The van der Waals surface area contributed by atoms with E-state index in [1.54, 1.807) is 18.2 Å². The molecule has 2 aromatic carbocycles. The van der Waals surface area contributed by atoms with Crippen LogP contribution < -0.4 is 5.32 Å². The fourth-order valence-corrected chi connectivity index (χ4v) is 3.25. The van der Waals surface area contributed by atoms with Gasteiger partial charge in [-0.05, 0) is 30.3 Å². The smallest absolute Gasteiger partial charge is 0.338 e. The summed E-state index contributed by atoms with van der Waals surface area (Å²) in [6.07, 6.45) is 0.950. The summed E-state index contributed by atoms with van der Waals surface area (Å²) in [4.78, 5) is 35.3. The lowest BCUT2D eigenvalue weighted by Crippen LogP contribution is -2.34. The van der Waals surface area contributed by atoms with Crippen LogP contribution in [0.2, 0.25) is 5.02 Å². The zero-order valence-corrected chi connectivity index (χ0v) is 15.1. The maximum Gasteiger partial charge on any atom is 0.338 e. The SMILES string of the molecule is CS(=O)(=O)c1cc(C(=O)OCC(=O)NC(=O)c2ccccc2)ccc1Cl. The molecule has 7 nitrogen and oxygen atoms in total. The van der Waals surface area contributed by atoms with Crippen molar-refractivity contribution < 1.29 is 27.5 Å². The van der Waals surface area contributed by atoms with E-state index in [-0.39, 0.29) is 21.0 Å². The van der Waals surface area contributed by atoms with Gasteiger partial charge < -0.3 is 4.74 Å². The maximum absolute atomic E-state index is 12.0. The van der Waals surface area contributed by atoms with Gasteiger partial charge in [-0.3, -0.25) is 14.9 Å². The van der Waals surface area contributed by atoms with Crippen LogP contribution in [0.1, 0.15) is 20.7 Å². The highest BCUT2D eigenvalue weighted by atomic mass is 35.5. The van der Waals surface area contributed by atoms with Gasteiger partial charge in [0.1, 0.15) is 0 Å². The summed E-state index contributed by atoms with van der Waals surface area (Å²) < 4.78 is 28.0. The molecule has 0 aliphatic rings. The average molecular weight is 396 g/mol. The Labute approximate surface area is 154 Å². The standard InChI is InChI=1S/C17H14ClNO6S/c1-26(23,24)14-9-12(7-8-13(14)18)17(22)25-10-15(20)19-16(21)11-5-3-2-4-6-11/h2-9H,10H2,1H3,(H,19,20,21). The van der Waals surface area contributed by atoms with Crippen LogP contribution in [-0.4, -0.2) is 39.1 Å². The molecule has 1 N–H and O–H groups in total. The van der Waals surface area contributed by atoms with Gasteiger partial charge in [0.05, 0.1) is 15.5 Å². The highest BCUT2D eigenvalue weighted by Crippen LogP contribution is 2.22. The van der Waals surface area contributed by atoms with Crippen molar-refractivity contribution in [2.24, 2.45) is 0 Å². The molecule has 9 heteroatoms. The van der Waals surface area contributed by atoms with E-state index in [1.165, 1.54) is 24.3 Å². The van der Waals surface area contributed by atoms with Gasteiger partial charge in [0.2, 0.25) is 0 Å². The molecule has 0 unspecified atom stereocenters. The number of carbonyl (C=O) groups is 3. The number of carbonyl (C=O) groups excluding carboxylic acids is 3. The minimum atomic E-state index is -3.63. The molecule has 0 heterocycles. The number of nitrogens with one attached hydrogen (secondary N) is 1. The van der Waals surface area contributed by atoms with E-state index < -0.39 is 34.2 Å². The summed E-state index contributed by atoms with van der Waals surface area (Å²) >= 11 is 5.80. The normalized spacial score (nSPS) is 10.8. The molecule has 2 aromatic rings. The van der Waals surface area contributed by atoms with Crippen LogP contribution in [-0.2, 0) is 19.4 Å². The minimum Gasteiger partial charge on any atom is -0.452 e. The van der Waals surface area contributed by atoms with E-state index in [4.69, 9.17) is 16.3 Å². The number of hydrogen-bond donors (Lipinski definition) is 1. The number of amides is 2. The van der Waals surface area contributed by atoms with Crippen LogP contribution in [0, 0.1) is 0 Å². The quantitative estimate of drug-likeness (QED) is 0.774. The lowest BCUT2D eigenvalue weighted by molar-refractivity contribution is -0.123. The minimum absolute atomic E-state index is 0.0322. The second-order valence-corrected chi connectivity index (χ2v) is 7.63. The summed E-state index contributed by atoms with van der Waals surface area (Å²) in [6, 6.07) is 11.6. The molecule has 0 atom stereocenters. The van der Waals surface area contributed by atoms with Crippen molar-refractivity contribution in [1.29, 1.82) is 0 Å². The van der Waals surface area contributed by atoms with Gasteiger partial charge in [-0.1, -0.05) is 29.8 Å². The molecule has 2 rings (SSSR count). The molecule has 0 aromatic heterocycles. The summed E-state index contributed by atoms with van der Waals surface area (Å²) in [5, 5.41) is 2.04. The third kappa shape index (κ3) is 5.14. The van der Waals surface area contributed by atoms with Gasteiger partial charge in [-0.15, -0.1) is 0 Å². The Morgan fingerprint density at radius 3 is 2.31 bits per heavy atom. The van der Waals surface area contributed by atoms with Crippen LogP contribution in [0.5, 0.6) is 0 Å². The predicted molar refractivity (Wildman–Crippen MR) is 93.8 cm³/mol. The fraction of sp³-hybridized carbons (Fsp3) is 0.118. The molecule has 0 aliphatic carbocycles. The molecule has 0 radical (unpaired) electrons. The largest absolute Gasteiger partial charge is 0.452 e. The van der Waals surface area contributed by atoms with Crippen LogP contribution in [0.3, 0.4) is 0 Å². The van der Waals surface area contributed by atoms with Gasteiger partial charge >= 0.3 is 5.97 Å². The number of halogens is 1. The molecular weight excluding hydrogens is 382 g/mol. The molecule has 0 saturated heterocycles. The zero-order valence-electron chi connectivity index (χ0n) is 13.6. The van der Waals surface area contributed by atoms with Crippen molar-refractivity contribution in [3.05, 3.63) is 64.7 Å². The van der Waals surface area contributed by atoms with Crippen molar-refractivity contribution in [2.75, 3.05) is 12.9 Å². The molecule has 2 amide bonds. The Balaban J connectivity index is 1.98. The molecule has 0 fully saturated rings. The van der Waals surface area contributed by atoms with Crippen LogP contribution >= 0.6 is 11.6 Å². The molecule has 26 heavy (non-hydrogen) atoms. The Morgan fingerprint density at radius 1 is 1.04 bits per heavy atom. The molecule has 0 saturated carbocycles. The first-order chi connectivity index (χ1) is 12.2. The van der Waals surface area contributed by atoms with Crippen LogP contribution in [0.25, 0.3) is 0 Å². The monoisotopic (exact) mass is 395 g/mol. The molecule has 0 spiro atoms. The lowest BCUT2D eigenvalue weighted by atomic mass is 10.2. The summed E-state index contributed by atoms with van der Waals surface area (Å²) in [5.41, 5.74) is 0.194. The van der Waals surface area contributed by atoms with Crippen molar-refractivity contribution >= 4 is 39.2 Å². The number of esters is 1. The Kier molecular flexibility index (Phi) is 6.12. The van der Waals surface area contributed by atoms with Gasteiger partial charge in [-0.2, -0.15) is 0 Å². The van der Waals surface area contributed by atoms with Gasteiger partial charge in [0, 0.05) is 11.8 Å². The van der Waals surface area contributed by atoms with Crippen LogP contribution in [0.15, 0.2) is 53.4 Å². The number of hydrogen-bond acceptors (Lipinski definition) is 6. The number of rotatable bonds is 5. The fourth-order valence-electron chi connectivity index (χ4n) is 1.95. The van der Waals surface area contributed by atoms with E-state index in [1.807, 2.05) is 0 Å². The summed E-state index contributed by atoms with van der Waals surface area (Å²) in [6.45, 7) is -0.700.